The highest BCUT2D eigenvalue weighted by Gasteiger charge is 2.46. The number of alkyl halides is 3. The lowest BCUT2D eigenvalue weighted by Gasteiger charge is -2.17. The Labute approximate surface area is 241 Å². The van der Waals surface area contributed by atoms with Crippen LogP contribution >= 0.6 is 0 Å². The molecule has 3 aromatic rings. The number of carbonyl (C=O) groups excluding carboxylic acids is 2. The van der Waals surface area contributed by atoms with Gasteiger partial charge in [-0.25, -0.2) is 4.98 Å². The summed E-state index contributed by atoms with van der Waals surface area (Å²) in [7, 11) is 0. The van der Waals surface area contributed by atoms with Gasteiger partial charge in [0.05, 0.1) is 18.5 Å². The fourth-order valence-corrected chi connectivity index (χ4v) is 5.56. The molecule has 1 aliphatic heterocycles. The standard InChI is InChI=1S/C31H33F3N6O2/c1-17-9-24-23(7-8-38-29(24)36)18(2)25(17)14-39-30(42)26(28(35)31(32,33)34)13-37-12-20-5-3-19(4-6-20)10-27(41)40-15-21-11-22(21)16-40/h3-9,13,21-22H,10-12,14-16,35H2,1-2H3,(H2,36,38)(H,39,42)/b28-26+,37-13?. The maximum atomic E-state index is 13.5. The van der Waals surface area contributed by atoms with Crippen LogP contribution in [0.15, 0.2) is 58.9 Å². The number of fused-ring (bicyclic) bond motifs is 2. The van der Waals surface area contributed by atoms with Crippen molar-refractivity contribution in [2.24, 2.45) is 22.6 Å². The zero-order valence-corrected chi connectivity index (χ0v) is 23.5. The monoisotopic (exact) mass is 578 g/mol. The van der Waals surface area contributed by atoms with E-state index in [1.54, 1.807) is 24.4 Å². The predicted molar refractivity (Wildman–Crippen MR) is 155 cm³/mol. The number of amides is 2. The molecule has 42 heavy (non-hydrogen) atoms. The Balaban J connectivity index is 1.25. The van der Waals surface area contributed by atoms with Gasteiger partial charge in [-0.1, -0.05) is 24.3 Å². The number of nitrogens with one attached hydrogen (secondary N) is 1. The van der Waals surface area contributed by atoms with E-state index in [2.05, 4.69) is 15.3 Å². The maximum absolute atomic E-state index is 13.5. The van der Waals surface area contributed by atoms with Crippen LogP contribution in [0.4, 0.5) is 19.0 Å². The lowest BCUT2D eigenvalue weighted by Crippen LogP contribution is -2.32. The molecule has 5 rings (SSSR count). The number of hydrogen-bond donors (Lipinski definition) is 3. The highest BCUT2D eigenvalue weighted by Crippen LogP contribution is 2.45. The van der Waals surface area contributed by atoms with E-state index >= 15 is 0 Å². The first-order valence-electron chi connectivity index (χ1n) is 13.8. The molecule has 1 aliphatic carbocycles. The van der Waals surface area contributed by atoms with Crippen LogP contribution < -0.4 is 16.8 Å². The van der Waals surface area contributed by atoms with Crippen LogP contribution in [-0.4, -0.2) is 47.2 Å². The number of nitrogen functional groups attached to an aromatic ring is 1. The number of pyridine rings is 1. The van der Waals surface area contributed by atoms with Gasteiger partial charge in [-0.3, -0.25) is 14.6 Å². The largest absolute Gasteiger partial charge is 0.431 e. The zero-order valence-electron chi connectivity index (χ0n) is 23.5. The summed E-state index contributed by atoms with van der Waals surface area (Å²) >= 11 is 0. The number of halogens is 3. The van der Waals surface area contributed by atoms with Crippen molar-refractivity contribution in [3.8, 4) is 0 Å². The zero-order chi connectivity index (χ0) is 30.2. The number of hydrogen-bond acceptors (Lipinski definition) is 6. The molecule has 220 valence electrons. The van der Waals surface area contributed by atoms with Crippen LogP contribution in [0.5, 0.6) is 0 Å². The number of aryl methyl sites for hydroxylation is 2. The third kappa shape index (κ3) is 6.24. The van der Waals surface area contributed by atoms with E-state index in [0.29, 0.717) is 29.6 Å². The third-order valence-electron chi connectivity index (χ3n) is 8.18. The number of anilines is 1. The molecule has 0 bridgehead atoms. The lowest BCUT2D eigenvalue weighted by molar-refractivity contribution is -0.130. The van der Waals surface area contributed by atoms with Gasteiger partial charge in [-0.15, -0.1) is 0 Å². The van der Waals surface area contributed by atoms with Gasteiger partial charge < -0.3 is 21.7 Å². The quantitative estimate of drug-likeness (QED) is 0.274. The maximum Gasteiger partial charge on any atom is 0.431 e. The minimum absolute atomic E-state index is 0.0178. The smallest absolute Gasteiger partial charge is 0.394 e. The average molecular weight is 579 g/mol. The van der Waals surface area contributed by atoms with Gasteiger partial charge in [0, 0.05) is 37.4 Å². The number of carbonyl (C=O) groups is 2. The second-order valence-corrected chi connectivity index (χ2v) is 11.1. The summed E-state index contributed by atoms with van der Waals surface area (Å²) in [6.07, 6.45) is -0.946. The van der Waals surface area contributed by atoms with Crippen LogP contribution in [-0.2, 0) is 29.1 Å². The minimum atomic E-state index is -4.91. The first kappa shape index (κ1) is 29.1. The topological polar surface area (TPSA) is 127 Å². The Morgan fingerprint density at radius 3 is 2.43 bits per heavy atom. The molecule has 2 amide bonds. The Kier molecular flexibility index (Phi) is 7.94. The molecule has 1 aromatic heterocycles. The molecule has 2 unspecified atom stereocenters. The average Bonchev–Trinajstić information content (AvgIpc) is 3.55. The van der Waals surface area contributed by atoms with Gasteiger partial charge in [0.15, 0.2) is 0 Å². The second kappa shape index (κ2) is 11.5. The molecular weight excluding hydrogens is 545 g/mol. The minimum Gasteiger partial charge on any atom is -0.394 e. The van der Waals surface area contributed by atoms with Crippen molar-refractivity contribution in [3.63, 3.8) is 0 Å². The molecule has 2 atom stereocenters. The number of aromatic nitrogens is 1. The van der Waals surface area contributed by atoms with Crippen molar-refractivity contribution in [1.82, 2.24) is 15.2 Å². The Morgan fingerprint density at radius 1 is 1.10 bits per heavy atom. The van der Waals surface area contributed by atoms with E-state index in [-0.39, 0.29) is 19.0 Å². The van der Waals surface area contributed by atoms with Crippen molar-refractivity contribution in [2.75, 3.05) is 18.8 Å². The van der Waals surface area contributed by atoms with Crippen LogP contribution in [0.1, 0.15) is 34.2 Å². The summed E-state index contributed by atoms with van der Waals surface area (Å²) in [4.78, 5) is 35.6. The highest BCUT2D eigenvalue weighted by molar-refractivity contribution is 6.13. The molecule has 11 heteroatoms. The first-order valence-corrected chi connectivity index (χ1v) is 13.8. The van der Waals surface area contributed by atoms with Crippen LogP contribution in [0.25, 0.3) is 10.8 Å². The number of rotatable bonds is 8. The first-order chi connectivity index (χ1) is 19.9. The van der Waals surface area contributed by atoms with E-state index in [1.165, 1.54) is 6.42 Å². The van der Waals surface area contributed by atoms with Crippen LogP contribution in [0.2, 0.25) is 0 Å². The molecule has 2 aromatic carbocycles. The summed E-state index contributed by atoms with van der Waals surface area (Å²) in [5, 5.41) is 4.17. The van der Waals surface area contributed by atoms with E-state index in [1.807, 2.05) is 36.9 Å². The normalized spacial score (nSPS) is 18.7. The van der Waals surface area contributed by atoms with Gasteiger partial charge in [-0.2, -0.15) is 13.2 Å². The fraction of sp³-hybridized carbons (Fsp3) is 0.355. The second-order valence-electron chi connectivity index (χ2n) is 11.1. The summed E-state index contributed by atoms with van der Waals surface area (Å²) in [5.74, 6) is 0.828. The molecule has 0 spiro atoms. The number of aliphatic imine (C=N–C) groups is 1. The summed E-state index contributed by atoms with van der Waals surface area (Å²) < 4.78 is 40.6. The number of likely N-dealkylation sites (tertiary alicyclic amines) is 1. The third-order valence-corrected chi connectivity index (χ3v) is 8.18. The lowest BCUT2D eigenvalue weighted by atomic mass is 9.96. The summed E-state index contributed by atoms with van der Waals surface area (Å²) in [6.45, 7) is 5.39. The molecular formula is C31H33F3N6O2. The summed E-state index contributed by atoms with van der Waals surface area (Å²) in [6, 6.07) is 10.8. The molecule has 2 heterocycles. The number of benzene rings is 2. The van der Waals surface area contributed by atoms with Crippen molar-refractivity contribution < 1.29 is 22.8 Å². The molecule has 5 N–H and O–H groups in total. The van der Waals surface area contributed by atoms with E-state index in [0.717, 1.165) is 52.3 Å². The Hall–Kier alpha value is -4.41. The van der Waals surface area contributed by atoms with Crippen molar-refractivity contribution in [3.05, 3.63) is 81.7 Å². The van der Waals surface area contributed by atoms with Gasteiger partial charge in [-0.05, 0) is 77.4 Å². The van der Waals surface area contributed by atoms with Crippen molar-refractivity contribution in [2.45, 2.75) is 46.0 Å². The Morgan fingerprint density at radius 2 is 1.76 bits per heavy atom. The molecule has 2 fully saturated rings. The number of allylic oxidation sites excluding steroid dienone is 1. The van der Waals surface area contributed by atoms with Gasteiger partial charge in [0.2, 0.25) is 5.91 Å². The fourth-order valence-electron chi connectivity index (χ4n) is 5.56. The van der Waals surface area contributed by atoms with E-state index in [4.69, 9.17) is 11.5 Å². The van der Waals surface area contributed by atoms with Crippen molar-refractivity contribution >= 4 is 34.6 Å². The number of nitrogens with zero attached hydrogens (tertiary/aromatic N) is 3. The number of nitrogens with two attached hydrogens (primary N) is 2. The predicted octanol–water partition coefficient (Wildman–Crippen LogP) is 4.12. The van der Waals surface area contributed by atoms with E-state index < -0.39 is 23.4 Å². The Bertz CT molecular complexity index is 1590. The highest BCUT2D eigenvalue weighted by atomic mass is 19.4. The molecule has 0 radical (unpaired) electrons. The molecule has 1 saturated carbocycles. The molecule has 8 nitrogen and oxygen atoms in total. The van der Waals surface area contributed by atoms with Crippen LogP contribution in [0.3, 0.4) is 0 Å². The van der Waals surface area contributed by atoms with Crippen molar-refractivity contribution in [1.29, 1.82) is 0 Å². The molecule has 2 aliphatic rings. The number of piperidine rings is 1. The van der Waals surface area contributed by atoms with Gasteiger partial charge >= 0.3 is 6.18 Å². The summed E-state index contributed by atoms with van der Waals surface area (Å²) in [5.41, 5.74) is 13.0. The van der Waals surface area contributed by atoms with Gasteiger partial charge in [0.1, 0.15) is 11.5 Å². The molecule has 1 saturated heterocycles. The van der Waals surface area contributed by atoms with E-state index in [9.17, 15) is 22.8 Å². The van der Waals surface area contributed by atoms with Gasteiger partial charge in [0.25, 0.3) is 5.91 Å². The SMILES string of the molecule is Cc1cc2c(N)nccc2c(C)c1CNC(=O)/C(C=NCc1ccc(CC(=O)N2CC3CC3C2)cc1)=C(/N)C(F)(F)F. The van der Waals surface area contributed by atoms with Crippen LogP contribution in [0, 0.1) is 25.7 Å².